The highest BCUT2D eigenvalue weighted by Gasteiger charge is 2.34. The van der Waals surface area contributed by atoms with Crippen molar-refractivity contribution in [2.45, 2.75) is 45.9 Å². The average Bonchev–Trinajstić information content (AvgIpc) is 2.74. The third-order valence-corrected chi connectivity index (χ3v) is 5.34. The second-order valence-corrected chi connectivity index (χ2v) is 9.30. The van der Waals surface area contributed by atoms with E-state index in [9.17, 15) is 14.7 Å². The maximum Gasteiger partial charge on any atom is 0.249 e. The topological polar surface area (TPSA) is 88.1 Å². The number of morpholine rings is 1. The van der Waals surface area contributed by atoms with E-state index in [4.69, 9.17) is 9.47 Å². The van der Waals surface area contributed by atoms with Crippen LogP contribution in [0.5, 0.6) is 5.75 Å². The summed E-state index contributed by atoms with van der Waals surface area (Å²) >= 11 is 0. The zero-order valence-corrected chi connectivity index (χ0v) is 19.1. The Morgan fingerprint density at radius 3 is 2.44 bits per heavy atom. The molecule has 32 heavy (non-hydrogen) atoms. The number of benzene rings is 2. The number of amides is 2. The van der Waals surface area contributed by atoms with Crippen LogP contribution >= 0.6 is 0 Å². The number of carbonyl (C=O) groups excluding carboxylic acids is 2. The molecule has 2 aromatic rings. The summed E-state index contributed by atoms with van der Waals surface area (Å²) in [4.78, 5) is 26.4. The van der Waals surface area contributed by atoms with Gasteiger partial charge in [-0.1, -0.05) is 45.0 Å². The van der Waals surface area contributed by atoms with Crippen LogP contribution in [0.4, 0.5) is 5.69 Å². The lowest BCUT2D eigenvalue weighted by Crippen LogP contribution is -2.51. The molecule has 7 nitrogen and oxygen atoms in total. The van der Waals surface area contributed by atoms with Gasteiger partial charge in [-0.25, -0.2) is 0 Å². The van der Waals surface area contributed by atoms with Gasteiger partial charge in [-0.2, -0.15) is 0 Å². The highest BCUT2D eigenvalue weighted by molar-refractivity contribution is 5.91. The molecule has 7 heteroatoms. The summed E-state index contributed by atoms with van der Waals surface area (Å²) in [6, 6.07) is 14.0. The van der Waals surface area contributed by atoms with Crippen molar-refractivity contribution in [3.63, 3.8) is 0 Å². The minimum atomic E-state index is -0.920. The number of aliphatic hydroxyl groups excluding tert-OH is 1. The Balaban J connectivity index is 1.70. The first-order valence-corrected chi connectivity index (χ1v) is 10.7. The molecule has 2 atom stereocenters. The van der Waals surface area contributed by atoms with E-state index in [1.807, 2.05) is 45.0 Å². The average molecular weight is 441 g/mol. The number of hydrogen-bond donors (Lipinski definition) is 2. The van der Waals surface area contributed by atoms with E-state index in [2.05, 4.69) is 5.32 Å². The molecule has 0 aromatic heterocycles. The van der Waals surface area contributed by atoms with Crippen LogP contribution in [0.1, 0.15) is 44.4 Å². The van der Waals surface area contributed by atoms with E-state index in [1.54, 1.807) is 36.3 Å². The molecule has 1 saturated heterocycles. The van der Waals surface area contributed by atoms with Crippen molar-refractivity contribution < 1.29 is 24.2 Å². The SMILES string of the molecule is COc1ccc(CN2C(=O)COCC2C(O)c2ccc(NC(=O)CC(C)(C)C)cc2)cc1. The smallest absolute Gasteiger partial charge is 0.249 e. The van der Waals surface area contributed by atoms with E-state index in [-0.39, 0.29) is 30.4 Å². The van der Waals surface area contributed by atoms with Gasteiger partial charge in [0.15, 0.2) is 0 Å². The van der Waals surface area contributed by atoms with Crippen LogP contribution < -0.4 is 10.1 Å². The van der Waals surface area contributed by atoms with Crippen molar-refractivity contribution in [2.75, 3.05) is 25.6 Å². The van der Waals surface area contributed by atoms with Gasteiger partial charge in [-0.3, -0.25) is 9.59 Å². The molecule has 0 radical (unpaired) electrons. The van der Waals surface area contributed by atoms with E-state index >= 15 is 0 Å². The number of methoxy groups -OCH3 is 1. The number of rotatable bonds is 7. The lowest BCUT2D eigenvalue weighted by atomic mass is 9.92. The molecule has 2 aromatic carbocycles. The Morgan fingerprint density at radius 2 is 1.84 bits per heavy atom. The molecule has 1 aliphatic heterocycles. The van der Waals surface area contributed by atoms with Crippen molar-refractivity contribution in [3.05, 3.63) is 59.7 Å². The largest absolute Gasteiger partial charge is 0.497 e. The van der Waals surface area contributed by atoms with Gasteiger partial charge in [0.1, 0.15) is 18.5 Å². The van der Waals surface area contributed by atoms with Crippen LogP contribution in [0.2, 0.25) is 0 Å². The molecule has 1 aliphatic rings. The Bertz CT molecular complexity index is 919. The molecule has 0 bridgehead atoms. The number of hydrogen-bond acceptors (Lipinski definition) is 5. The summed E-state index contributed by atoms with van der Waals surface area (Å²) in [6.07, 6.45) is -0.504. The summed E-state index contributed by atoms with van der Waals surface area (Å²) in [7, 11) is 1.61. The monoisotopic (exact) mass is 440 g/mol. The standard InChI is InChI=1S/C25H32N2O5/c1-25(2,3)13-22(28)26-19-9-7-18(8-10-19)24(30)21-15-32-16-23(29)27(21)14-17-5-11-20(31-4)12-6-17/h5-12,21,24,30H,13-16H2,1-4H3,(H,26,28). The van der Waals surface area contributed by atoms with Gasteiger partial charge in [0.25, 0.3) is 0 Å². The van der Waals surface area contributed by atoms with Gasteiger partial charge in [-0.05, 0) is 40.8 Å². The fourth-order valence-electron chi connectivity index (χ4n) is 3.69. The number of anilines is 1. The number of nitrogens with zero attached hydrogens (tertiary/aromatic N) is 1. The summed E-state index contributed by atoms with van der Waals surface area (Å²) in [5, 5.41) is 13.9. The van der Waals surface area contributed by atoms with E-state index in [0.29, 0.717) is 24.2 Å². The second kappa shape index (κ2) is 10.1. The fraction of sp³-hybridized carbons (Fsp3) is 0.440. The highest BCUT2D eigenvalue weighted by atomic mass is 16.5. The predicted octanol–water partition coefficient (Wildman–Crippen LogP) is 3.53. The molecule has 1 heterocycles. The van der Waals surface area contributed by atoms with Crippen molar-refractivity contribution in [3.8, 4) is 5.75 Å². The molecule has 0 aliphatic carbocycles. The van der Waals surface area contributed by atoms with Crippen LogP contribution in [0.15, 0.2) is 48.5 Å². The summed E-state index contributed by atoms with van der Waals surface area (Å²) < 4.78 is 10.6. The predicted molar refractivity (Wildman–Crippen MR) is 122 cm³/mol. The number of carbonyl (C=O) groups is 2. The van der Waals surface area contributed by atoms with Crippen LogP contribution in [0.3, 0.4) is 0 Å². The van der Waals surface area contributed by atoms with Gasteiger partial charge in [0.2, 0.25) is 11.8 Å². The van der Waals surface area contributed by atoms with Crippen molar-refractivity contribution in [1.29, 1.82) is 0 Å². The van der Waals surface area contributed by atoms with Gasteiger partial charge >= 0.3 is 0 Å². The van der Waals surface area contributed by atoms with Crippen LogP contribution in [0, 0.1) is 5.41 Å². The minimum absolute atomic E-state index is 0.00186. The Kier molecular flexibility index (Phi) is 7.53. The molecule has 2 amide bonds. The molecule has 2 unspecified atom stereocenters. The first-order chi connectivity index (χ1) is 15.2. The molecule has 1 fully saturated rings. The van der Waals surface area contributed by atoms with Gasteiger partial charge in [0, 0.05) is 18.7 Å². The fourth-order valence-corrected chi connectivity index (χ4v) is 3.69. The molecular formula is C25H32N2O5. The molecule has 3 rings (SSSR count). The summed E-state index contributed by atoms with van der Waals surface area (Å²) in [5.74, 6) is 0.526. The molecule has 0 saturated carbocycles. The third-order valence-electron chi connectivity index (χ3n) is 5.34. The Hall–Kier alpha value is -2.90. The zero-order valence-electron chi connectivity index (χ0n) is 19.1. The van der Waals surface area contributed by atoms with Gasteiger partial charge < -0.3 is 24.8 Å². The normalized spacial score (nSPS) is 17.7. The van der Waals surface area contributed by atoms with Gasteiger partial charge in [0.05, 0.1) is 19.8 Å². The maximum atomic E-state index is 12.6. The van der Waals surface area contributed by atoms with Crippen LogP contribution in [0.25, 0.3) is 0 Å². The molecular weight excluding hydrogens is 408 g/mol. The number of aliphatic hydroxyl groups is 1. The first kappa shape index (κ1) is 23.8. The number of nitrogens with one attached hydrogen (secondary N) is 1. The minimum Gasteiger partial charge on any atom is -0.497 e. The number of ether oxygens (including phenoxy) is 2. The van der Waals surface area contributed by atoms with Crippen LogP contribution in [-0.4, -0.2) is 48.2 Å². The van der Waals surface area contributed by atoms with Gasteiger partial charge in [-0.15, -0.1) is 0 Å². The zero-order chi connectivity index (χ0) is 23.3. The summed E-state index contributed by atoms with van der Waals surface area (Å²) in [6.45, 7) is 6.64. The first-order valence-electron chi connectivity index (χ1n) is 10.7. The lowest BCUT2D eigenvalue weighted by Gasteiger charge is -2.38. The van der Waals surface area contributed by atoms with Crippen molar-refractivity contribution in [2.24, 2.45) is 5.41 Å². The van der Waals surface area contributed by atoms with Crippen molar-refractivity contribution >= 4 is 17.5 Å². The third kappa shape index (κ3) is 6.31. The van der Waals surface area contributed by atoms with E-state index in [1.165, 1.54) is 0 Å². The lowest BCUT2D eigenvalue weighted by molar-refractivity contribution is -0.155. The second-order valence-electron chi connectivity index (χ2n) is 9.30. The summed E-state index contributed by atoms with van der Waals surface area (Å²) in [5.41, 5.74) is 2.17. The Labute approximate surface area is 189 Å². The van der Waals surface area contributed by atoms with Crippen LogP contribution in [-0.2, 0) is 20.9 Å². The Morgan fingerprint density at radius 1 is 1.19 bits per heavy atom. The maximum absolute atomic E-state index is 12.6. The van der Waals surface area contributed by atoms with E-state index in [0.717, 1.165) is 11.3 Å². The van der Waals surface area contributed by atoms with Crippen molar-refractivity contribution in [1.82, 2.24) is 4.90 Å². The quantitative estimate of drug-likeness (QED) is 0.688. The molecule has 172 valence electrons. The highest BCUT2D eigenvalue weighted by Crippen LogP contribution is 2.27. The molecule has 0 spiro atoms. The molecule has 2 N–H and O–H groups in total. The van der Waals surface area contributed by atoms with E-state index < -0.39 is 12.1 Å².